The Morgan fingerprint density at radius 2 is 1.89 bits per heavy atom. The van der Waals surface area contributed by atoms with Gasteiger partial charge in [0.2, 0.25) is 5.91 Å². The van der Waals surface area contributed by atoms with E-state index >= 15 is 0 Å². The predicted molar refractivity (Wildman–Crippen MR) is 69.7 cm³/mol. The van der Waals surface area contributed by atoms with Gasteiger partial charge in [-0.2, -0.15) is 0 Å². The Balaban J connectivity index is 1.92. The molecular weight excluding hydrogens is 246 g/mol. The van der Waals surface area contributed by atoms with Gasteiger partial charge in [-0.1, -0.05) is 6.42 Å². The number of carboxylic acid groups (broad SMARTS) is 1. The van der Waals surface area contributed by atoms with Gasteiger partial charge in [-0.15, -0.1) is 0 Å². The molecule has 5 heteroatoms. The van der Waals surface area contributed by atoms with Gasteiger partial charge in [-0.3, -0.25) is 9.59 Å². The van der Waals surface area contributed by atoms with Gasteiger partial charge in [0.05, 0.1) is 17.4 Å². The summed E-state index contributed by atoms with van der Waals surface area (Å²) in [4.78, 5) is 23.3. The lowest BCUT2D eigenvalue weighted by atomic mass is 9.91. The van der Waals surface area contributed by atoms with Gasteiger partial charge in [0.15, 0.2) is 0 Å². The minimum absolute atomic E-state index is 0.0902. The van der Waals surface area contributed by atoms with Crippen LogP contribution in [-0.2, 0) is 14.3 Å². The number of aliphatic carboxylic acids is 1. The molecule has 2 fully saturated rings. The molecule has 19 heavy (non-hydrogen) atoms. The number of hydrogen-bond acceptors (Lipinski definition) is 3. The first kappa shape index (κ1) is 14.3. The van der Waals surface area contributed by atoms with Crippen LogP contribution < -0.4 is 5.32 Å². The van der Waals surface area contributed by atoms with Crippen molar-refractivity contribution in [2.45, 2.75) is 57.6 Å². The van der Waals surface area contributed by atoms with E-state index in [9.17, 15) is 9.59 Å². The zero-order chi connectivity index (χ0) is 14.0. The molecule has 1 saturated carbocycles. The van der Waals surface area contributed by atoms with Crippen LogP contribution in [0.2, 0.25) is 0 Å². The standard InChI is InChI=1S/C14H23NO4/c1-14(2)8-9(6-7-19-14)15-12(16)10-4-3-5-11(10)13(17)18/h9-11H,3-8H2,1-2H3,(H,15,16)(H,17,18). The monoisotopic (exact) mass is 269 g/mol. The predicted octanol–water partition coefficient (Wildman–Crippen LogP) is 1.56. The molecule has 0 radical (unpaired) electrons. The maximum atomic E-state index is 12.2. The van der Waals surface area contributed by atoms with Crippen LogP contribution in [0.15, 0.2) is 0 Å². The molecule has 2 aliphatic rings. The Kier molecular flexibility index (Phi) is 4.13. The van der Waals surface area contributed by atoms with E-state index < -0.39 is 11.9 Å². The molecule has 2 rings (SSSR count). The minimum atomic E-state index is -0.843. The van der Waals surface area contributed by atoms with Crippen molar-refractivity contribution < 1.29 is 19.4 Å². The highest BCUT2D eigenvalue weighted by Gasteiger charge is 2.39. The zero-order valence-electron chi connectivity index (χ0n) is 11.6. The first-order valence-electron chi connectivity index (χ1n) is 7.06. The molecule has 1 amide bonds. The Labute approximate surface area is 113 Å². The first-order chi connectivity index (χ1) is 8.89. The maximum Gasteiger partial charge on any atom is 0.307 e. The van der Waals surface area contributed by atoms with Crippen LogP contribution in [0.3, 0.4) is 0 Å². The lowest BCUT2D eigenvalue weighted by Gasteiger charge is -2.36. The van der Waals surface area contributed by atoms with Crippen LogP contribution in [0.1, 0.15) is 46.0 Å². The van der Waals surface area contributed by atoms with E-state index in [0.29, 0.717) is 19.4 Å². The second kappa shape index (κ2) is 5.49. The SMILES string of the molecule is CC1(C)CC(NC(=O)C2CCCC2C(=O)O)CCO1. The van der Waals surface area contributed by atoms with Crippen molar-refractivity contribution in [3.63, 3.8) is 0 Å². The zero-order valence-corrected chi connectivity index (χ0v) is 11.6. The fourth-order valence-corrected chi connectivity index (χ4v) is 3.23. The van der Waals surface area contributed by atoms with E-state index in [4.69, 9.17) is 9.84 Å². The van der Waals surface area contributed by atoms with Crippen molar-refractivity contribution in [2.24, 2.45) is 11.8 Å². The Morgan fingerprint density at radius 1 is 1.21 bits per heavy atom. The number of carboxylic acids is 1. The molecule has 3 unspecified atom stereocenters. The lowest BCUT2D eigenvalue weighted by Crippen LogP contribution is -2.48. The Bertz CT molecular complexity index is 366. The van der Waals surface area contributed by atoms with E-state index in [2.05, 4.69) is 5.32 Å². The van der Waals surface area contributed by atoms with Crippen molar-refractivity contribution in [3.05, 3.63) is 0 Å². The van der Waals surface area contributed by atoms with E-state index in [1.165, 1.54) is 0 Å². The summed E-state index contributed by atoms with van der Waals surface area (Å²) < 4.78 is 5.62. The molecule has 1 heterocycles. The molecule has 3 atom stereocenters. The van der Waals surface area contributed by atoms with Gasteiger partial charge in [-0.05, 0) is 39.5 Å². The molecule has 1 aliphatic heterocycles. The molecular formula is C14H23NO4. The van der Waals surface area contributed by atoms with Crippen molar-refractivity contribution in [2.75, 3.05) is 6.61 Å². The molecule has 0 aromatic carbocycles. The van der Waals surface area contributed by atoms with Gasteiger partial charge in [0.25, 0.3) is 0 Å². The van der Waals surface area contributed by atoms with Gasteiger partial charge >= 0.3 is 5.97 Å². The van der Waals surface area contributed by atoms with Crippen LogP contribution in [0.4, 0.5) is 0 Å². The van der Waals surface area contributed by atoms with Crippen LogP contribution in [-0.4, -0.2) is 35.2 Å². The van der Waals surface area contributed by atoms with Gasteiger partial charge in [0, 0.05) is 12.6 Å². The third-order valence-corrected chi connectivity index (χ3v) is 4.21. The van der Waals surface area contributed by atoms with Crippen LogP contribution >= 0.6 is 0 Å². The largest absolute Gasteiger partial charge is 0.481 e. The highest BCUT2D eigenvalue weighted by Crippen LogP contribution is 2.33. The van der Waals surface area contributed by atoms with Crippen LogP contribution in [0, 0.1) is 11.8 Å². The smallest absolute Gasteiger partial charge is 0.307 e. The van der Waals surface area contributed by atoms with Crippen LogP contribution in [0.25, 0.3) is 0 Å². The average molecular weight is 269 g/mol. The normalized spacial score (nSPS) is 33.9. The van der Waals surface area contributed by atoms with Gasteiger partial charge in [-0.25, -0.2) is 0 Å². The molecule has 108 valence electrons. The van der Waals surface area contributed by atoms with E-state index in [1.54, 1.807) is 0 Å². The molecule has 0 bridgehead atoms. The quantitative estimate of drug-likeness (QED) is 0.815. The Hall–Kier alpha value is -1.10. The van der Waals surface area contributed by atoms with E-state index in [1.807, 2.05) is 13.8 Å². The molecule has 1 saturated heterocycles. The van der Waals surface area contributed by atoms with Crippen molar-refractivity contribution in [1.29, 1.82) is 0 Å². The van der Waals surface area contributed by atoms with E-state index in [-0.39, 0.29) is 23.5 Å². The topological polar surface area (TPSA) is 75.6 Å². The summed E-state index contributed by atoms with van der Waals surface area (Å²) in [5, 5.41) is 12.1. The van der Waals surface area contributed by atoms with Crippen LogP contribution in [0.5, 0.6) is 0 Å². The average Bonchev–Trinajstić information content (AvgIpc) is 2.76. The van der Waals surface area contributed by atoms with Gasteiger partial charge in [0.1, 0.15) is 0 Å². The summed E-state index contributed by atoms with van der Waals surface area (Å²) in [6.45, 7) is 4.67. The molecule has 5 nitrogen and oxygen atoms in total. The number of amides is 1. The number of hydrogen-bond donors (Lipinski definition) is 2. The highest BCUT2D eigenvalue weighted by molar-refractivity contribution is 5.85. The fraction of sp³-hybridized carbons (Fsp3) is 0.857. The summed E-state index contributed by atoms with van der Waals surface area (Å²) >= 11 is 0. The van der Waals surface area contributed by atoms with Crippen molar-refractivity contribution >= 4 is 11.9 Å². The lowest BCUT2D eigenvalue weighted by molar-refractivity contribution is -0.146. The fourth-order valence-electron chi connectivity index (χ4n) is 3.23. The molecule has 0 spiro atoms. The molecule has 1 aliphatic carbocycles. The van der Waals surface area contributed by atoms with Crippen molar-refractivity contribution in [1.82, 2.24) is 5.32 Å². The Morgan fingerprint density at radius 3 is 2.53 bits per heavy atom. The van der Waals surface area contributed by atoms with E-state index in [0.717, 1.165) is 19.3 Å². The maximum absolute atomic E-state index is 12.2. The third kappa shape index (κ3) is 3.47. The summed E-state index contributed by atoms with van der Waals surface area (Å²) in [7, 11) is 0. The molecule has 0 aromatic heterocycles. The summed E-state index contributed by atoms with van der Waals surface area (Å²) in [5.41, 5.74) is -0.210. The minimum Gasteiger partial charge on any atom is -0.481 e. The van der Waals surface area contributed by atoms with Crippen molar-refractivity contribution in [3.8, 4) is 0 Å². The molecule has 2 N–H and O–H groups in total. The summed E-state index contributed by atoms with van der Waals surface area (Å²) in [6, 6.07) is 0.103. The second-order valence-corrected chi connectivity index (χ2v) is 6.29. The first-order valence-corrected chi connectivity index (χ1v) is 7.06. The summed E-state index contributed by atoms with van der Waals surface area (Å²) in [5.74, 6) is -1.80. The second-order valence-electron chi connectivity index (χ2n) is 6.29. The number of carbonyl (C=O) groups excluding carboxylic acids is 1. The highest BCUT2D eigenvalue weighted by atomic mass is 16.5. The molecule has 0 aromatic rings. The number of nitrogens with one attached hydrogen (secondary N) is 1. The summed E-state index contributed by atoms with van der Waals surface area (Å²) in [6.07, 6.45) is 3.72. The number of carbonyl (C=O) groups is 2. The number of ether oxygens (including phenoxy) is 1. The van der Waals surface area contributed by atoms with Gasteiger partial charge < -0.3 is 15.2 Å². The third-order valence-electron chi connectivity index (χ3n) is 4.21. The number of rotatable bonds is 3.